The molecule has 3 aromatic rings. The van der Waals surface area contributed by atoms with Crippen LogP contribution >= 0.6 is 11.8 Å². The molecule has 3 nitrogen and oxygen atoms in total. The smallest absolute Gasteiger partial charge is 0.272 e. The number of allylic oxidation sites excluding steroid dienone is 1. The molecule has 2 aromatic carbocycles. The summed E-state index contributed by atoms with van der Waals surface area (Å²) in [5.74, 6) is 0.967. The van der Waals surface area contributed by atoms with Crippen LogP contribution in [0, 0.1) is 6.92 Å². The van der Waals surface area contributed by atoms with E-state index in [4.69, 9.17) is 0 Å². The fourth-order valence-electron chi connectivity index (χ4n) is 2.79. The van der Waals surface area contributed by atoms with E-state index in [1.54, 1.807) is 0 Å². The van der Waals surface area contributed by atoms with Crippen molar-refractivity contribution < 1.29 is 4.79 Å². The van der Waals surface area contributed by atoms with Crippen LogP contribution in [0.1, 0.15) is 28.5 Å². The van der Waals surface area contributed by atoms with E-state index < -0.39 is 0 Å². The Kier molecular flexibility index (Phi) is 6.55. The van der Waals surface area contributed by atoms with Crippen molar-refractivity contribution in [2.75, 3.05) is 11.1 Å². The highest BCUT2D eigenvalue weighted by Crippen LogP contribution is 2.19. The van der Waals surface area contributed by atoms with Crippen molar-refractivity contribution in [3.8, 4) is 0 Å². The molecule has 1 amide bonds. The quantitative estimate of drug-likeness (QED) is 0.523. The molecule has 0 unspecified atom stereocenters. The Hall–Kier alpha value is -2.72. The number of aryl methyl sites for hydroxylation is 1. The van der Waals surface area contributed by atoms with Gasteiger partial charge in [-0.15, -0.1) is 11.8 Å². The minimum atomic E-state index is -0.0985. The minimum absolute atomic E-state index is 0.0985. The standard InChI is InChI=1S/C23H24N2OS/c1-3-27-21-9-4-7-19(17-21)8-5-15-25-16-6-10-22(25)23(26)24-20-13-11-18(2)12-14-20/h4-14,16-17H,3,15H2,1-2H3,(H,24,26)/b8-5+. The molecule has 0 saturated carbocycles. The fourth-order valence-corrected chi connectivity index (χ4v) is 3.52. The molecule has 0 aliphatic rings. The molecule has 1 N–H and O–H groups in total. The fraction of sp³-hybridized carbons (Fsp3) is 0.174. The number of hydrogen-bond donors (Lipinski definition) is 1. The van der Waals surface area contributed by atoms with Crippen LogP contribution in [0.25, 0.3) is 6.08 Å². The van der Waals surface area contributed by atoms with Crippen LogP contribution in [0.2, 0.25) is 0 Å². The molecular weight excluding hydrogens is 352 g/mol. The van der Waals surface area contributed by atoms with E-state index in [0.29, 0.717) is 12.2 Å². The maximum Gasteiger partial charge on any atom is 0.272 e. The summed E-state index contributed by atoms with van der Waals surface area (Å²) < 4.78 is 1.95. The second kappa shape index (κ2) is 9.28. The van der Waals surface area contributed by atoms with Crippen molar-refractivity contribution in [1.82, 2.24) is 4.57 Å². The van der Waals surface area contributed by atoms with Crippen molar-refractivity contribution in [3.05, 3.63) is 89.8 Å². The van der Waals surface area contributed by atoms with Gasteiger partial charge in [0.25, 0.3) is 5.91 Å². The van der Waals surface area contributed by atoms with E-state index in [-0.39, 0.29) is 5.91 Å². The van der Waals surface area contributed by atoms with E-state index in [1.807, 2.05) is 65.8 Å². The first-order valence-corrected chi connectivity index (χ1v) is 10.1. The molecule has 0 radical (unpaired) electrons. The van der Waals surface area contributed by atoms with Gasteiger partial charge in [0, 0.05) is 23.3 Å². The third kappa shape index (κ3) is 5.38. The van der Waals surface area contributed by atoms with Gasteiger partial charge in [-0.25, -0.2) is 0 Å². The van der Waals surface area contributed by atoms with Crippen molar-refractivity contribution in [2.24, 2.45) is 0 Å². The molecule has 27 heavy (non-hydrogen) atoms. The predicted molar refractivity (Wildman–Crippen MR) is 115 cm³/mol. The van der Waals surface area contributed by atoms with Crippen molar-refractivity contribution in [2.45, 2.75) is 25.3 Å². The van der Waals surface area contributed by atoms with Gasteiger partial charge in [0.05, 0.1) is 0 Å². The number of nitrogens with zero attached hydrogens (tertiary/aromatic N) is 1. The molecule has 1 heterocycles. The van der Waals surface area contributed by atoms with Crippen LogP contribution in [0.4, 0.5) is 5.69 Å². The van der Waals surface area contributed by atoms with Gasteiger partial charge in [-0.05, 0) is 54.6 Å². The zero-order valence-electron chi connectivity index (χ0n) is 15.7. The highest BCUT2D eigenvalue weighted by molar-refractivity contribution is 7.99. The Labute approximate surface area is 165 Å². The second-order valence-electron chi connectivity index (χ2n) is 6.27. The molecule has 0 fully saturated rings. The lowest BCUT2D eigenvalue weighted by molar-refractivity contribution is 0.101. The zero-order chi connectivity index (χ0) is 19.1. The van der Waals surface area contributed by atoms with Crippen molar-refractivity contribution in [1.29, 1.82) is 0 Å². The van der Waals surface area contributed by atoms with Gasteiger partial charge in [-0.3, -0.25) is 4.79 Å². The topological polar surface area (TPSA) is 34.0 Å². The van der Waals surface area contributed by atoms with Crippen LogP contribution in [0.15, 0.2) is 77.8 Å². The molecule has 3 rings (SSSR count). The summed E-state index contributed by atoms with van der Waals surface area (Å²) in [6.45, 7) is 4.83. The number of carbonyl (C=O) groups is 1. The average molecular weight is 377 g/mol. The number of benzene rings is 2. The maximum atomic E-state index is 12.6. The van der Waals surface area contributed by atoms with Gasteiger partial charge in [0.2, 0.25) is 0 Å². The van der Waals surface area contributed by atoms with Crippen LogP contribution in [0.5, 0.6) is 0 Å². The van der Waals surface area contributed by atoms with Crippen LogP contribution < -0.4 is 5.32 Å². The molecule has 1 aromatic heterocycles. The summed E-state index contributed by atoms with van der Waals surface area (Å²) in [6, 6.07) is 20.0. The van der Waals surface area contributed by atoms with Gasteiger partial charge in [-0.2, -0.15) is 0 Å². The normalized spacial score (nSPS) is 11.0. The van der Waals surface area contributed by atoms with E-state index >= 15 is 0 Å². The number of carbonyl (C=O) groups excluding carboxylic acids is 1. The first-order valence-electron chi connectivity index (χ1n) is 9.08. The Bertz CT molecular complexity index is 926. The van der Waals surface area contributed by atoms with Crippen molar-refractivity contribution >= 4 is 29.4 Å². The number of aromatic nitrogens is 1. The lowest BCUT2D eigenvalue weighted by Crippen LogP contribution is -2.16. The number of thioether (sulfide) groups is 1. The number of amides is 1. The van der Waals surface area contributed by atoms with Gasteiger partial charge in [0.1, 0.15) is 5.69 Å². The Morgan fingerprint density at radius 3 is 2.70 bits per heavy atom. The van der Waals surface area contributed by atoms with Crippen LogP contribution in [0.3, 0.4) is 0 Å². The predicted octanol–water partition coefficient (Wildman–Crippen LogP) is 5.87. The van der Waals surface area contributed by atoms with Gasteiger partial charge in [0.15, 0.2) is 0 Å². The first-order chi connectivity index (χ1) is 13.2. The number of hydrogen-bond acceptors (Lipinski definition) is 2. The summed E-state index contributed by atoms with van der Waals surface area (Å²) in [7, 11) is 0. The van der Waals surface area contributed by atoms with E-state index in [9.17, 15) is 4.79 Å². The van der Waals surface area contributed by atoms with Gasteiger partial charge >= 0.3 is 0 Å². The molecule has 0 spiro atoms. The highest BCUT2D eigenvalue weighted by atomic mass is 32.2. The minimum Gasteiger partial charge on any atom is -0.340 e. The molecule has 0 aliphatic heterocycles. The van der Waals surface area contributed by atoms with E-state index in [1.165, 1.54) is 16.0 Å². The third-order valence-electron chi connectivity index (χ3n) is 4.15. The molecular formula is C23H24N2OS. The number of rotatable bonds is 7. The maximum absolute atomic E-state index is 12.6. The molecule has 138 valence electrons. The summed E-state index contributed by atoms with van der Waals surface area (Å²) in [5, 5.41) is 2.95. The highest BCUT2D eigenvalue weighted by Gasteiger charge is 2.10. The molecule has 0 atom stereocenters. The SMILES string of the molecule is CCSc1cccc(/C=C/Cn2cccc2C(=O)Nc2ccc(C)cc2)c1. The monoisotopic (exact) mass is 376 g/mol. The number of nitrogens with one attached hydrogen (secondary N) is 1. The molecule has 4 heteroatoms. The molecule has 0 aliphatic carbocycles. The van der Waals surface area contributed by atoms with E-state index in [2.05, 4.69) is 48.7 Å². The lowest BCUT2D eigenvalue weighted by atomic mass is 10.2. The zero-order valence-corrected chi connectivity index (χ0v) is 16.5. The number of anilines is 1. The molecule has 0 bridgehead atoms. The van der Waals surface area contributed by atoms with E-state index in [0.717, 1.165) is 11.4 Å². The average Bonchev–Trinajstić information content (AvgIpc) is 3.13. The van der Waals surface area contributed by atoms with Gasteiger partial charge in [-0.1, -0.05) is 48.9 Å². The summed E-state index contributed by atoms with van der Waals surface area (Å²) in [6.07, 6.45) is 6.11. The first kappa shape index (κ1) is 19.1. The largest absolute Gasteiger partial charge is 0.340 e. The van der Waals surface area contributed by atoms with Crippen LogP contribution in [-0.2, 0) is 6.54 Å². The van der Waals surface area contributed by atoms with Crippen LogP contribution in [-0.4, -0.2) is 16.2 Å². The lowest BCUT2D eigenvalue weighted by Gasteiger charge is -2.08. The summed E-state index contributed by atoms with van der Waals surface area (Å²) in [5.41, 5.74) is 3.80. The van der Waals surface area contributed by atoms with Crippen molar-refractivity contribution in [3.63, 3.8) is 0 Å². The Balaban J connectivity index is 1.65. The summed E-state index contributed by atoms with van der Waals surface area (Å²) >= 11 is 1.84. The second-order valence-corrected chi connectivity index (χ2v) is 7.61. The van der Waals surface area contributed by atoms with Gasteiger partial charge < -0.3 is 9.88 Å². The Morgan fingerprint density at radius 1 is 1.11 bits per heavy atom. The summed E-state index contributed by atoms with van der Waals surface area (Å²) in [4.78, 5) is 13.8. The Morgan fingerprint density at radius 2 is 1.93 bits per heavy atom. The molecule has 0 saturated heterocycles. The third-order valence-corrected chi connectivity index (χ3v) is 5.03.